The molecule has 2 unspecified atom stereocenters. The number of amides is 1. The molecule has 0 bridgehead atoms. The first-order valence-electron chi connectivity index (χ1n) is 12.8. The van der Waals surface area contributed by atoms with Crippen molar-refractivity contribution in [1.29, 1.82) is 0 Å². The lowest BCUT2D eigenvalue weighted by Crippen LogP contribution is -2.47. The molecule has 0 fully saturated rings. The molecule has 0 spiro atoms. The molecule has 1 aliphatic carbocycles. The standard InChI is InChI=1S/C28H42ClIN2O3/c1-23(25-12-6-5-7-13-25)32(24(2)26-14-8-9-15-27(26)30)22-28(33)31-17-19-35-21-20-34-18-11-4-3-10-16-29/h5-9,12-15,23-24,26-27H,3-4,10-11,16-22H2,1-2H3,(H,31,33)/t23-,24-,26?,27?/m1/s1. The van der Waals surface area contributed by atoms with Gasteiger partial charge in [-0.15, -0.1) is 11.6 Å². The first-order valence-corrected chi connectivity index (χ1v) is 14.6. The third kappa shape index (κ3) is 11.8. The van der Waals surface area contributed by atoms with Gasteiger partial charge < -0.3 is 14.8 Å². The van der Waals surface area contributed by atoms with E-state index in [2.05, 4.69) is 95.2 Å². The molecule has 4 atom stereocenters. The zero-order valence-electron chi connectivity index (χ0n) is 21.2. The van der Waals surface area contributed by atoms with Crippen LogP contribution in [0.3, 0.4) is 0 Å². The Morgan fingerprint density at radius 3 is 2.40 bits per heavy atom. The number of alkyl halides is 2. The van der Waals surface area contributed by atoms with Crippen molar-refractivity contribution < 1.29 is 14.3 Å². The lowest BCUT2D eigenvalue weighted by Gasteiger charge is -2.39. The third-order valence-corrected chi connectivity index (χ3v) is 7.92. The second kappa shape index (κ2) is 18.3. The Hall–Kier alpha value is -0.930. The van der Waals surface area contributed by atoms with Crippen LogP contribution in [0.15, 0.2) is 54.6 Å². The molecule has 1 aromatic carbocycles. The van der Waals surface area contributed by atoms with E-state index in [1.54, 1.807) is 0 Å². The van der Waals surface area contributed by atoms with Crippen LogP contribution >= 0.6 is 34.2 Å². The van der Waals surface area contributed by atoms with E-state index in [1.165, 1.54) is 5.56 Å². The van der Waals surface area contributed by atoms with E-state index in [9.17, 15) is 4.79 Å². The first-order chi connectivity index (χ1) is 17.0. The number of unbranched alkanes of at least 4 members (excludes halogenated alkanes) is 3. The summed E-state index contributed by atoms with van der Waals surface area (Å²) in [6.45, 7) is 7.65. The normalized spacial score (nSPS) is 19.1. The highest BCUT2D eigenvalue weighted by molar-refractivity contribution is 14.1. The molecule has 0 heterocycles. The van der Waals surface area contributed by atoms with Crippen molar-refractivity contribution in [3.63, 3.8) is 0 Å². The molecule has 0 saturated carbocycles. The summed E-state index contributed by atoms with van der Waals surface area (Å²) < 4.78 is 11.6. The second-order valence-corrected chi connectivity index (χ2v) is 10.8. The van der Waals surface area contributed by atoms with Gasteiger partial charge >= 0.3 is 0 Å². The average molecular weight is 617 g/mol. The molecule has 35 heavy (non-hydrogen) atoms. The third-order valence-electron chi connectivity index (χ3n) is 6.41. The van der Waals surface area contributed by atoms with Crippen molar-refractivity contribution in [2.45, 2.75) is 55.5 Å². The van der Waals surface area contributed by atoms with Crippen LogP contribution in [0.4, 0.5) is 0 Å². The Labute approximate surface area is 230 Å². The van der Waals surface area contributed by atoms with Crippen LogP contribution in [-0.4, -0.2) is 66.2 Å². The molecule has 2 rings (SSSR count). The van der Waals surface area contributed by atoms with Gasteiger partial charge in [-0.1, -0.05) is 90.1 Å². The fourth-order valence-electron chi connectivity index (χ4n) is 4.26. The van der Waals surface area contributed by atoms with Gasteiger partial charge in [0.2, 0.25) is 5.91 Å². The Kier molecular flexibility index (Phi) is 15.9. The summed E-state index contributed by atoms with van der Waals surface area (Å²) in [7, 11) is 0. The minimum Gasteiger partial charge on any atom is -0.379 e. The SMILES string of the molecule is C[C@H](c1ccccc1)N(CC(=O)NCCOCCOCCCCCCCl)[C@H](C)C1C=CC=CC1I. The van der Waals surface area contributed by atoms with Crippen molar-refractivity contribution in [3.05, 3.63) is 60.2 Å². The number of nitrogens with one attached hydrogen (secondary N) is 1. The molecule has 5 nitrogen and oxygen atoms in total. The average Bonchev–Trinajstić information content (AvgIpc) is 2.88. The van der Waals surface area contributed by atoms with Crippen molar-refractivity contribution >= 4 is 40.1 Å². The maximum atomic E-state index is 12.9. The van der Waals surface area contributed by atoms with Crippen LogP contribution in [-0.2, 0) is 14.3 Å². The molecule has 7 heteroatoms. The van der Waals surface area contributed by atoms with Gasteiger partial charge in [-0.2, -0.15) is 0 Å². The van der Waals surface area contributed by atoms with E-state index in [0.717, 1.165) is 38.2 Å². The van der Waals surface area contributed by atoms with Crippen LogP contribution in [0.25, 0.3) is 0 Å². The summed E-state index contributed by atoms with van der Waals surface area (Å²) >= 11 is 8.17. The van der Waals surface area contributed by atoms with Crippen molar-refractivity contribution in [3.8, 4) is 0 Å². The highest BCUT2D eigenvalue weighted by Crippen LogP contribution is 2.31. The lowest BCUT2D eigenvalue weighted by molar-refractivity contribution is -0.123. The molecule has 1 aromatic rings. The number of hydrogen-bond donors (Lipinski definition) is 1. The topological polar surface area (TPSA) is 50.8 Å². The summed E-state index contributed by atoms with van der Waals surface area (Å²) in [4.78, 5) is 15.2. The molecule has 1 N–H and O–H groups in total. The minimum absolute atomic E-state index is 0.0248. The monoisotopic (exact) mass is 616 g/mol. The van der Waals surface area contributed by atoms with Gasteiger partial charge in [0, 0.05) is 41.0 Å². The molecule has 0 aliphatic heterocycles. The highest BCUT2D eigenvalue weighted by Gasteiger charge is 2.31. The highest BCUT2D eigenvalue weighted by atomic mass is 127. The maximum Gasteiger partial charge on any atom is 0.234 e. The number of hydrogen-bond acceptors (Lipinski definition) is 4. The predicted octanol–water partition coefficient (Wildman–Crippen LogP) is 5.93. The number of benzene rings is 1. The molecule has 1 aliphatic rings. The zero-order valence-corrected chi connectivity index (χ0v) is 24.1. The maximum absolute atomic E-state index is 12.9. The van der Waals surface area contributed by atoms with E-state index in [1.807, 2.05) is 6.07 Å². The fraction of sp³-hybridized carbons (Fsp3) is 0.607. The van der Waals surface area contributed by atoms with Crippen LogP contribution in [0.1, 0.15) is 51.1 Å². The van der Waals surface area contributed by atoms with E-state index in [0.29, 0.717) is 42.8 Å². The summed E-state index contributed by atoms with van der Waals surface area (Å²) in [5.74, 6) is 1.11. The van der Waals surface area contributed by atoms with Crippen LogP contribution in [0.2, 0.25) is 0 Å². The van der Waals surface area contributed by atoms with Gasteiger partial charge in [0.05, 0.1) is 26.4 Å². The number of rotatable bonds is 18. The van der Waals surface area contributed by atoms with Crippen LogP contribution in [0, 0.1) is 5.92 Å². The number of carbonyl (C=O) groups is 1. The Morgan fingerprint density at radius 2 is 1.69 bits per heavy atom. The van der Waals surface area contributed by atoms with Gasteiger partial charge in [0.15, 0.2) is 0 Å². The summed E-state index contributed by atoms with van der Waals surface area (Å²) in [6.07, 6.45) is 13.2. The number of carbonyl (C=O) groups excluding carboxylic acids is 1. The quantitative estimate of drug-likeness (QED) is 0.126. The summed E-state index contributed by atoms with van der Waals surface area (Å²) in [6, 6.07) is 10.8. The van der Waals surface area contributed by atoms with Gasteiger partial charge in [-0.3, -0.25) is 9.69 Å². The number of halogens is 2. The number of ether oxygens (including phenoxy) is 2. The van der Waals surface area contributed by atoms with E-state index >= 15 is 0 Å². The van der Waals surface area contributed by atoms with Crippen LogP contribution < -0.4 is 5.32 Å². The van der Waals surface area contributed by atoms with Gasteiger partial charge in [0.25, 0.3) is 0 Å². The molecule has 0 radical (unpaired) electrons. The molecular weight excluding hydrogens is 575 g/mol. The van der Waals surface area contributed by atoms with Gasteiger partial charge in [-0.25, -0.2) is 0 Å². The smallest absolute Gasteiger partial charge is 0.234 e. The Bertz CT molecular complexity index is 762. The largest absolute Gasteiger partial charge is 0.379 e. The molecule has 0 saturated heterocycles. The Balaban J connectivity index is 1.74. The van der Waals surface area contributed by atoms with E-state index in [-0.39, 0.29) is 18.0 Å². The minimum atomic E-state index is 0.0248. The van der Waals surface area contributed by atoms with Gasteiger partial charge in [-0.05, 0) is 32.3 Å². The van der Waals surface area contributed by atoms with Crippen molar-refractivity contribution in [2.75, 3.05) is 45.4 Å². The molecular formula is C28H42ClIN2O3. The summed E-state index contributed by atoms with van der Waals surface area (Å²) in [5, 5.41) is 3.03. The fourth-order valence-corrected chi connectivity index (χ4v) is 5.53. The van der Waals surface area contributed by atoms with Crippen molar-refractivity contribution in [1.82, 2.24) is 10.2 Å². The van der Waals surface area contributed by atoms with Crippen LogP contribution in [0.5, 0.6) is 0 Å². The lowest BCUT2D eigenvalue weighted by atomic mass is 9.91. The van der Waals surface area contributed by atoms with Gasteiger partial charge in [0.1, 0.15) is 0 Å². The van der Waals surface area contributed by atoms with Crippen molar-refractivity contribution in [2.24, 2.45) is 5.92 Å². The first kappa shape index (κ1) is 30.3. The second-order valence-electron chi connectivity index (χ2n) is 8.97. The number of nitrogens with zero attached hydrogens (tertiary/aromatic N) is 1. The molecule has 1 amide bonds. The van der Waals surface area contributed by atoms with E-state index < -0.39 is 0 Å². The molecule has 0 aromatic heterocycles. The predicted molar refractivity (Wildman–Crippen MR) is 154 cm³/mol. The number of allylic oxidation sites excluding steroid dienone is 3. The summed E-state index contributed by atoms with van der Waals surface area (Å²) in [5.41, 5.74) is 1.22. The molecule has 196 valence electrons. The van der Waals surface area contributed by atoms with E-state index in [4.69, 9.17) is 21.1 Å². The zero-order chi connectivity index (χ0) is 25.3. The Morgan fingerprint density at radius 1 is 1.00 bits per heavy atom.